The number of nitrogens with zero attached hydrogens (tertiary/aromatic N) is 3. The highest BCUT2D eigenvalue weighted by molar-refractivity contribution is 9.10. The van der Waals surface area contributed by atoms with E-state index in [0.29, 0.717) is 11.0 Å². The number of thioether (sulfide) groups is 1. The summed E-state index contributed by atoms with van der Waals surface area (Å²) in [6.45, 7) is 1.69. The van der Waals surface area contributed by atoms with E-state index < -0.39 is 11.2 Å². The number of hydrogen-bond donors (Lipinski definition) is 2. The number of primary amides is 1. The summed E-state index contributed by atoms with van der Waals surface area (Å²) in [7, 11) is 0. The van der Waals surface area contributed by atoms with Crippen molar-refractivity contribution in [1.82, 2.24) is 14.9 Å². The zero-order valence-electron chi connectivity index (χ0n) is 10.1. The average molecular weight is 342 g/mol. The van der Waals surface area contributed by atoms with Crippen LogP contribution in [0.1, 0.15) is 6.92 Å². The summed E-state index contributed by atoms with van der Waals surface area (Å²) in [4.78, 5) is 11.0. The molecule has 2 aromatic rings. The number of nitrogen functional groups attached to an aromatic ring is 1. The lowest BCUT2D eigenvalue weighted by atomic mass is 10.2. The fourth-order valence-electron chi connectivity index (χ4n) is 1.40. The van der Waals surface area contributed by atoms with Crippen molar-refractivity contribution in [2.24, 2.45) is 5.73 Å². The maximum absolute atomic E-state index is 11.0. The van der Waals surface area contributed by atoms with Crippen molar-refractivity contribution < 1.29 is 4.79 Å². The molecule has 100 valence electrons. The number of halogens is 1. The van der Waals surface area contributed by atoms with Gasteiger partial charge in [0, 0.05) is 10.0 Å². The molecule has 0 saturated carbocycles. The number of hydrogen-bond acceptors (Lipinski definition) is 5. The van der Waals surface area contributed by atoms with Crippen LogP contribution in [-0.4, -0.2) is 26.0 Å². The highest BCUT2D eigenvalue weighted by Crippen LogP contribution is 2.25. The molecule has 1 atom stereocenters. The maximum atomic E-state index is 11.0. The molecule has 1 aromatic carbocycles. The van der Waals surface area contributed by atoms with Crippen LogP contribution in [-0.2, 0) is 4.79 Å². The molecule has 1 heterocycles. The SMILES string of the molecule is C[C@@H](Sc1nnc(-c2cccc(Br)c2)n1N)C(N)=O. The molecule has 1 amide bonds. The monoisotopic (exact) mass is 341 g/mol. The molecule has 19 heavy (non-hydrogen) atoms. The Hall–Kier alpha value is -1.54. The smallest absolute Gasteiger partial charge is 0.230 e. The molecular weight excluding hydrogens is 330 g/mol. The Kier molecular flexibility index (Phi) is 4.11. The van der Waals surface area contributed by atoms with Gasteiger partial charge in [-0.1, -0.05) is 39.8 Å². The van der Waals surface area contributed by atoms with Gasteiger partial charge < -0.3 is 11.6 Å². The zero-order valence-corrected chi connectivity index (χ0v) is 12.5. The molecule has 0 radical (unpaired) electrons. The van der Waals surface area contributed by atoms with E-state index in [-0.39, 0.29) is 0 Å². The van der Waals surface area contributed by atoms with Crippen LogP contribution in [0.2, 0.25) is 0 Å². The van der Waals surface area contributed by atoms with Gasteiger partial charge in [0.15, 0.2) is 5.82 Å². The van der Waals surface area contributed by atoms with E-state index in [1.54, 1.807) is 6.92 Å². The Labute approximate surface area is 122 Å². The minimum atomic E-state index is -0.419. The molecule has 6 nitrogen and oxygen atoms in total. The van der Waals surface area contributed by atoms with Crippen LogP contribution in [0, 0.1) is 0 Å². The highest BCUT2D eigenvalue weighted by Gasteiger charge is 2.17. The molecule has 0 aliphatic rings. The lowest BCUT2D eigenvalue weighted by molar-refractivity contribution is -0.117. The molecule has 0 bridgehead atoms. The van der Waals surface area contributed by atoms with E-state index in [4.69, 9.17) is 11.6 Å². The molecule has 8 heteroatoms. The molecule has 0 saturated heterocycles. The fourth-order valence-corrected chi connectivity index (χ4v) is 2.52. The molecule has 4 N–H and O–H groups in total. The number of aromatic nitrogens is 3. The summed E-state index contributed by atoms with van der Waals surface area (Å²) in [5.74, 6) is 6.05. The first kappa shape index (κ1) is 13.9. The molecule has 0 aliphatic carbocycles. The number of nitrogens with two attached hydrogens (primary N) is 2. The van der Waals surface area contributed by atoms with E-state index >= 15 is 0 Å². The number of rotatable bonds is 4. The number of amides is 1. The Balaban J connectivity index is 2.30. The quantitative estimate of drug-likeness (QED) is 0.646. The van der Waals surface area contributed by atoms with Gasteiger partial charge in [0.2, 0.25) is 11.1 Å². The van der Waals surface area contributed by atoms with Gasteiger partial charge in [0.25, 0.3) is 0 Å². The molecular formula is C11H12BrN5OS. The molecule has 0 unspecified atom stereocenters. The lowest BCUT2D eigenvalue weighted by Crippen LogP contribution is -2.23. The number of carbonyl (C=O) groups is 1. The summed E-state index contributed by atoms with van der Waals surface area (Å²) >= 11 is 4.56. The minimum Gasteiger partial charge on any atom is -0.369 e. The normalized spacial score (nSPS) is 12.3. The topological polar surface area (TPSA) is 99.8 Å². The first-order chi connectivity index (χ1) is 8.99. The van der Waals surface area contributed by atoms with E-state index in [2.05, 4.69) is 26.1 Å². The van der Waals surface area contributed by atoms with E-state index in [1.807, 2.05) is 24.3 Å². The predicted octanol–water partition coefficient (Wildman–Crippen LogP) is 1.39. The summed E-state index contributed by atoms with van der Waals surface area (Å²) in [5, 5.41) is 8.04. The van der Waals surface area contributed by atoms with Gasteiger partial charge in [-0.2, -0.15) is 0 Å². The summed E-state index contributed by atoms with van der Waals surface area (Å²) in [6, 6.07) is 7.56. The molecule has 0 fully saturated rings. The van der Waals surface area contributed by atoms with Gasteiger partial charge in [-0.05, 0) is 19.1 Å². The van der Waals surface area contributed by atoms with Crippen molar-refractivity contribution in [3.05, 3.63) is 28.7 Å². The van der Waals surface area contributed by atoms with Crippen LogP contribution in [0.4, 0.5) is 0 Å². The fraction of sp³-hybridized carbons (Fsp3) is 0.182. The van der Waals surface area contributed by atoms with Crippen molar-refractivity contribution in [3.63, 3.8) is 0 Å². The third-order valence-corrected chi connectivity index (χ3v) is 4.00. The van der Waals surface area contributed by atoms with Crippen molar-refractivity contribution >= 4 is 33.6 Å². The summed E-state index contributed by atoms with van der Waals surface area (Å²) in [5.41, 5.74) is 6.04. The predicted molar refractivity (Wildman–Crippen MR) is 77.8 cm³/mol. The summed E-state index contributed by atoms with van der Waals surface area (Å²) < 4.78 is 2.28. The summed E-state index contributed by atoms with van der Waals surface area (Å²) in [6.07, 6.45) is 0. The lowest BCUT2D eigenvalue weighted by Gasteiger charge is -2.06. The Morgan fingerprint density at radius 2 is 2.21 bits per heavy atom. The third kappa shape index (κ3) is 3.07. The molecule has 0 spiro atoms. The molecule has 1 aromatic heterocycles. The third-order valence-electron chi connectivity index (χ3n) is 2.43. The van der Waals surface area contributed by atoms with Crippen LogP contribution in [0.5, 0.6) is 0 Å². The van der Waals surface area contributed by atoms with Gasteiger partial charge >= 0.3 is 0 Å². The van der Waals surface area contributed by atoms with Crippen LogP contribution >= 0.6 is 27.7 Å². The highest BCUT2D eigenvalue weighted by atomic mass is 79.9. The number of benzene rings is 1. The second-order valence-electron chi connectivity index (χ2n) is 3.85. The van der Waals surface area contributed by atoms with Crippen molar-refractivity contribution in [3.8, 4) is 11.4 Å². The van der Waals surface area contributed by atoms with E-state index in [1.165, 1.54) is 16.4 Å². The van der Waals surface area contributed by atoms with Crippen LogP contribution in [0.15, 0.2) is 33.9 Å². The van der Waals surface area contributed by atoms with Crippen LogP contribution in [0.25, 0.3) is 11.4 Å². The van der Waals surface area contributed by atoms with Gasteiger partial charge in [0.1, 0.15) is 0 Å². The van der Waals surface area contributed by atoms with Gasteiger partial charge in [-0.25, -0.2) is 4.68 Å². The standard InChI is InChI=1S/C11H12BrN5OS/c1-6(9(13)18)19-11-16-15-10(17(11)14)7-3-2-4-8(12)5-7/h2-6H,14H2,1H3,(H2,13,18)/t6-/m1/s1. The Bertz CT molecular complexity index is 615. The maximum Gasteiger partial charge on any atom is 0.230 e. The van der Waals surface area contributed by atoms with Crippen molar-refractivity contribution in [2.75, 3.05) is 5.84 Å². The van der Waals surface area contributed by atoms with Crippen molar-refractivity contribution in [2.45, 2.75) is 17.3 Å². The first-order valence-corrected chi connectivity index (χ1v) is 7.08. The number of carbonyl (C=O) groups excluding carboxylic acids is 1. The first-order valence-electron chi connectivity index (χ1n) is 5.41. The average Bonchev–Trinajstić information content (AvgIpc) is 2.71. The zero-order chi connectivity index (χ0) is 14.0. The van der Waals surface area contributed by atoms with E-state index in [9.17, 15) is 4.79 Å². The van der Waals surface area contributed by atoms with E-state index in [0.717, 1.165) is 10.0 Å². The van der Waals surface area contributed by atoms with Crippen LogP contribution in [0.3, 0.4) is 0 Å². The van der Waals surface area contributed by atoms with Crippen molar-refractivity contribution in [1.29, 1.82) is 0 Å². The van der Waals surface area contributed by atoms with Gasteiger partial charge in [-0.15, -0.1) is 10.2 Å². The second kappa shape index (κ2) is 5.62. The second-order valence-corrected chi connectivity index (χ2v) is 6.07. The minimum absolute atomic E-state index is 0.415. The molecule has 0 aliphatic heterocycles. The Morgan fingerprint density at radius 1 is 1.47 bits per heavy atom. The largest absolute Gasteiger partial charge is 0.369 e. The van der Waals surface area contributed by atoms with Crippen LogP contribution < -0.4 is 11.6 Å². The van der Waals surface area contributed by atoms with Gasteiger partial charge in [0.05, 0.1) is 5.25 Å². The van der Waals surface area contributed by atoms with Gasteiger partial charge in [-0.3, -0.25) is 4.79 Å². The Morgan fingerprint density at radius 3 is 2.84 bits per heavy atom. The molecule has 2 rings (SSSR count).